The van der Waals surface area contributed by atoms with E-state index in [-0.39, 0.29) is 0 Å². The summed E-state index contributed by atoms with van der Waals surface area (Å²) < 4.78 is 0. The van der Waals surface area contributed by atoms with Crippen molar-refractivity contribution in [3.05, 3.63) is 0 Å². The number of thioether (sulfide) groups is 1. The molecule has 0 aliphatic rings. The molecule has 0 rings (SSSR count). The molecule has 3 nitrogen and oxygen atoms in total. The lowest BCUT2D eigenvalue weighted by atomic mass is 10.3. The van der Waals surface area contributed by atoms with Crippen LogP contribution in [0.25, 0.3) is 0 Å². The number of hydrogen-bond acceptors (Lipinski definition) is 3. The van der Waals surface area contributed by atoms with E-state index in [4.69, 9.17) is 5.73 Å². The van der Waals surface area contributed by atoms with Gasteiger partial charge in [0.05, 0.1) is 0 Å². The first-order valence-corrected chi connectivity index (χ1v) is 4.30. The lowest BCUT2D eigenvalue weighted by molar-refractivity contribution is 0.900. The SMILES string of the molecule is CSC(N)=NN=CC(C)C. The van der Waals surface area contributed by atoms with Gasteiger partial charge in [-0.25, -0.2) is 0 Å². The molecule has 0 heterocycles. The fourth-order valence-corrected chi connectivity index (χ4v) is 0.393. The Morgan fingerprint density at radius 3 is 2.60 bits per heavy atom. The van der Waals surface area contributed by atoms with Gasteiger partial charge in [0.1, 0.15) is 0 Å². The summed E-state index contributed by atoms with van der Waals surface area (Å²) in [6.45, 7) is 4.07. The summed E-state index contributed by atoms with van der Waals surface area (Å²) in [4.78, 5) is 0. The van der Waals surface area contributed by atoms with Gasteiger partial charge in [-0.1, -0.05) is 25.6 Å². The molecule has 10 heavy (non-hydrogen) atoms. The molecule has 0 radical (unpaired) electrons. The third-order valence-electron chi connectivity index (χ3n) is 0.730. The van der Waals surface area contributed by atoms with Gasteiger partial charge < -0.3 is 5.73 Å². The van der Waals surface area contributed by atoms with E-state index in [2.05, 4.69) is 10.2 Å². The quantitative estimate of drug-likeness (QED) is 0.375. The van der Waals surface area contributed by atoms with E-state index in [0.717, 1.165) is 0 Å². The standard InChI is InChI=1S/C6H13N3S/c1-5(2)4-8-9-6(7)10-3/h4-5H,1-3H3,(H2,7,9). The van der Waals surface area contributed by atoms with Crippen molar-refractivity contribution in [2.24, 2.45) is 21.9 Å². The molecule has 0 bridgehead atoms. The molecular weight excluding hydrogens is 146 g/mol. The first-order valence-electron chi connectivity index (χ1n) is 3.07. The fraction of sp³-hybridized carbons (Fsp3) is 0.667. The van der Waals surface area contributed by atoms with Gasteiger partial charge in [-0.05, 0) is 12.2 Å². The van der Waals surface area contributed by atoms with Crippen LogP contribution >= 0.6 is 11.8 Å². The molecule has 0 aromatic carbocycles. The smallest absolute Gasteiger partial charge is 0.180 e. The Labute approximate surface area is 65.8 Å². The van der Waals surface area contributed by atoms with E-state index in [1.807, 2.05) is 20.1 Å². The first kappa shape index (κ1) is 9.49. The third kappa shape index (κ3) is 5.62. The molecule has 0 fully saturated rings. The molecule has 0 aliphatic heterocycles. The first-order chi connectivity index (χ1) is 4.66. The molecule has 0 aromatic rings. The molecule has 2 N–H and O–H groups in total. The highest BCUT2D eigenvalue weighted by Gasteiger charge is 1.84. The van der Waals surface area contributed by atoms with Crippen molar-refractivity contribution in [3.8, 4) is 0 Å². The predicted octanol–water partition coefficient (Wildman–Crippen LogP) is 1.31. The van der Waals surface area contributed by atoms with Crippen molar-refractivity contribution >= 4 is 23.1 Å². The van der Waals surface area contributed by atoms with Gasteiger partial charge in [-0.3, -0.25) is 0 Å². The van der Waals surface area contributed by atoms with Gasteiger partial charge in [-0.15, -0.1) is 5.10 Å². The Kier molecular flexibility index (Phi) is 5.02. The topological polar surface area (TPSA) is 50.7 Å². The molecule has 58 valence electrons. The fourth-order valence-electron chi connectivity index (χ4n) is 0.264. The molecule has 0 unspecified atom stereocenters. The minimum atomic E-state index is 0.429. The van der Waals surface area contributed by atoms with Crippen LogP contribution in [0.15, 0.2) is 10.2 Å². The predicted molar refractivity (Wildman–Crippen MR) is 48.5 cm³/mol. The average molecular weight is 159 g/mol. The van der Waals surface area contributed by atoms with Crippen molar-refractivity contribution in [2.75, 3.05) is 6.26 Å². The second-order valence-corrected chi connectivity index (χ2v) is 2.98. The second-order valence-electron chi connectivity index (χ2n) is 2.15. The van der Waals surface area contributed by atoms with Crippen LogP contribution in [0.4, 0.5) is 0 Å². The maximum Gasteiger partial charge on any atom is 0.180 e. The van der Waals surface area contributed by atoms with Gasteiger partial charge >= 0.3 is 0 Å². The Hall–Kier alpha value is -0.510. The summed E-state index contributed by atoms with van der Waals surface area (Å²) in [7, 11) is 0. The van der Waals surface area contributed by atoms with Gasteiger partial charge in [0.2, 0.25) is 0 Å². The summed E-state index contributed by atoms with van der Waals surface area (Å²) >= 11 is 1.39. The minimum Gasteiger partial charge on any atom is -0.377 e. The van der Waals surface area contributed by atoms with E-state index in [0.29, 0.717) is 11.1 Å². The Bertz CT molecular complexity index is 140. The number of amidine groups is 1. The monoisotopic (exact) mass is 159 g/mol. The van der Waals surface area contributed by atoms with Gasteiger partial charge in [0.15, 0.2) is 5.17 Å². The molecule has 0 aliphatic carbocycles. The van der Waals surface area contributed by atoms with Crippen molar-refractivity contribution in [1.82, 2.24) is 0 Å². The van der Waals surface area contributed by atoms with Crippen LogP contribution in [-0.2, 0) is 0 Å². The van der Waals surface area contributed by atoms with Crippen LogP contribution in [0.3, 0.4) is 0 Å². The van der Waals surface area contributed by atoms with E-state index in [9.17, 15) is 0 Å². The van der Waals surface area contributed by atoms with E-state index in [1.54, 1.807) is 6.21 Å². The highest BCUT2D eigenvalue weighted by molar-refractivity contribution is 8.13. The zero-order chi connectivity index (χ0) is 7.98. The van der Waals surface area contributed by atoms with Crippen molar-refractivity contribution in [1.29, 1.82) is 0 Å². The summed E-state index contributed by atoms with van der Waals surface area (Å²) in [5, 5.41) is 7.97. The van der Waals surface area contributed by atoms with Crippen LogP contribution in [0.1, 0.15) is 13.8 Å². The molecular formula is C6H13N3S. The largest absolute Gasteiger partial charge is 0.377 e. The summed E-state index contributed by atoms with van der Waals surface area (Å²) in [6, 6.07) is 0. The highest BCUT2D eigenvalue weighted by atomic mass is 32.2. The summed E-state index contributed by atoms with van der Waals surface area (Å²) in [6.07, 6.45) is 3.62. The van der Waals surface area contributed by atoms with Gasteiger partial charge in [0, 0.05) is 6.21 Å². The average Bonchev–Trinajstić information content (AvgIpc) is 1.87. The van der Waals surface area contributed by atoms with Crippen LogP contribution in [0.2, 0.25) is 0 Å². The zero-order valence-electron chi connectivity index (χ0n) is 6.53. The molecule has 0 saturated carbocycles. The van der Waals surface area contributed by atoms with Crippen molar-refractivity contribution in [2.45, 2.75) is 13.8 Å². The van der Waals surface area contributed by atoms with Crippen molar-refractivity contribution in [3.63, 3.8) is 0 Å². The number of rotatable bonds is 2. The minimum absolute atomic E-state index is 0.429. The second kappa shape index (κ2) is 5.29. The zero-order valence-corrected chi connectivity index (χ0v) is 7.35. The number of nitrogens with two attached hydrogens (primary N) is 1. The van der Waals surface area contributed by atoms with Crippen LogP contribution in [0.5, 0.6) is 0 Å². The lowest BCUT2D eigenvalue weighted by Gasteiger charge is -1.90. The molecule has 0 atom stereocenters. The highest BCUT2D eigenvalue weighted by Crippen LogP contribution is 1.91. The lowest BCUT2D eigenvalue weighted by Crippen LogP contribution is -2.04. The summed E-state index contributed by atoms with van der Waals surface area (Å²) in [5.41, 5.74) is 5.36. The molecule has 0 saturated heterocycles. The van der Waals surface area contributed by atoms with E-state index in [1.165, 1.54) is 11.8 Å². The Balaban J connectivity index is 3.70. The normalized spacial score (nSPS) is 13.4. The maximum atomic E-state index is 5.36. The molecule has 0 amide bonds. The number of hydrogen-bond donors (Lipinski definition) is 1. The van der Waals surface area contributed by atoms with Crippen LogP contribution in [0, 0.1) is 5.92 Å². The molecule has 4 heteroatoms. The Morgan fingerprint density at radius 1 is 1.60 bits per heavy atom. The number of nitrogens with zero attached hydrogens (tertiary/aromatic N) is 2. The van der Waals surface area contributed by atoms with Gasteiger partial charge in [0.25, 0.3) is 0 Å². The van der Waals surface area contributed by atoms with E-state index >= 15 is 0 Å². The third-order valence-corrected chi connectivity index (χ3v) is 1.23. The molecule has 0 spiro atoms. The Morgan fingerprint density at radius 2 is 2.20 bits per heavy atom. The van der Waals surface area contributed by atoms with Crippen LogP contribution < -0.4 is 5.73 Å². The van der Waals surface area contributed by atoms with E-state index < -0.39 is 0 Å². The molecule has 0 aromatic heterocycles. The van der Waals surface area contributed by atoms with Gasteiger partial charge in [-0.2, -0.15) is 5.10 Å². The van der Waals surface area contributed by atoms with Crippen LogP contribution in [-0.4, -0.2) is 17.6 Å². The summed E-state index contributed by atoms with van der Waals surface area (Å²) in [5.74, 6) is 0.429. The van der Waals surface area contributed by atoms with Crippen molar-refractivity contribution < 1.29 is 0 Å². The maximum absolute atomic E-state index is 5.36.